The van der Waals surface area contributed by atoms with Gasteiger partial charge in [0.1, 0.15) is 12.7 Å². The van der Waals surface area contributed by atoms with Gasteiger partial charge in [-0.25, -0.2) is 10.8 Å². The van der Waals surface area contributed by atoms with E-state index in [-0.39, 0.29) is 12.6 Å². The van der Waals surface area contributed by atoms with Crippen LogP contribution in [0.1, 0.15) is 0 Å². The first kappa shape index (κ1) is 11.7. The molecule has 10 heteroatoms. The van der Waals surface area contributed by atoms with Crippen LogP contribution in [-0.2, 0) is 0 Å². The van der Waals surface area contributed by atoms with Gasteiger partial charge in [-0.1, -0.05) is 11.8 Å². The number of thioether (sulfide) groups is 1. The maximum atomic E-state index is 8.75. The van der Waals surface area contributed by atoms with Gasteiger partial charge < -0.3 is 5.11 Å². The van der Waals surface area contributed by atoms with E-state index in [1.807, 2.05) is 0 Å². The number of hydrogen-bond donors (Lipinski definition) is 3. The molecular weight excluding hydrogens is 244 g/mol. The molecule has 0 saturated heterocycles. The van der Waals surface area contributed by atoms with Crippen LogP contribution in [0.25, 0.3) is 5.95 Å². The van der Waals surface area contributed by atoms with Gasteiger partial charge in [0.25, 0.3) is 5.95 Å². The third-order valence-corrected chi connectivity index (χ3v) is 2.51. The molecule has 90 valence electrons. The second-order valence-electron chi connectivity index (χ2n) is 2.80. The lowest BCUT2D eigenvalue weighted by Crippen LogP contribution is -2.14. The summed E-state index contributed by atoms with van der Waals surface area (Å²) in [6.07, 6.45) is 2.84. The number of nitrogens with zero attached hydrogens (tertiary/aromatic N) is 6. The molecule has 0 aromatic carbocycles. The Morgan fingerprint density at radius 1 is 1.41 bits per heavy atom. The number of aliphatic hydroxyl groups excluding tert-OH is 1. The van der Waals surface area contributed by atoms with Crippen molar-refractivity contribution in [3.63, 3.8) is 0 Å². The average molecular weight is 254 g/mol. The molecular formula is C7H10N8OS. The van der Waals surface area contributed by atoms with Gasteiger partial charge >= 0.3 is 0 Å². The molecule has 0 aliphatic rings. The zero-order valence-corrected chi connectivity index (χ0v) is 9.50. The molecule has 0 aliphatic carbocycles. The van der Waals surface area contributed by atoms with Gasteiger partial charge in [-0.3, -0.25) is 5.43 Å². The Morgan fingerprint density at radius 2 is 2.29 bits per heavy atom. The summed E-state index contributed by atoms with van der Waals surface area (Å²) in [7, 11) is 0. The van der Waals surface area contributed by atoms with Crippen molar-refractivity contribution >= 4 is 17.7 Å². The Hall–Kier alpha value is -1.78. The molecule has 9 nitrogen and oxygen atoms in total. The molecule has 0 fully saturated rings. The highest BCUT2D eigenvalue weighted by molar-refractivity contribution is 7.99. The van der Waals surface area contributed by atoms with Crippen LogP contribution in [0.4, 0.5) is 5.95 Å². The summed E-state index contributed by atoms with van der Waals surface area (Å²) >= 11 is 1.29. The molecule has 0 atom stereocenters. The molecule has 0 saturated carbocycles. The standard InChI is InChI=1S/C7H10N8OS/c8-14-5-11-6(15-4-9-3-10-15)13-7(12-5)17-2-1-16/h3-4,16H,1-2,8H2,(H,11,12,13,14). The summed E-state index contributed by atoms with van der Waals surface area (Å²) in [5.41, 5.74) is 2.35. The summed E-state index contributed by atoms with van der Waals surface area (Å²) in [6.45, 7) is 0.0421. The lowest BCUT2D eigenvalue weighted by Gasteiger charge is -2.04. The summed E-state index contributed by atoms with van der Waals surface area (Å²) < 4.78 is 1.39. The molecule has 2 aromatic rings. The van der Waals surface area contributed by atoms with Gasteiger partial charge in [-0.05, 0) is 0 Å². The predicted octanol–water partition coefficient (Wildman–Crippen LogP) is -1.18. The number of rotatable bonds is 5. The molecule has 17 heavy (non-hydrogen) atoms. The predicted molar refractivity (Wildman–Crippen MR) is 60.4 cm³/mol. The van der Waals surface area contributed by atoms with Crippen molar-refractivity contribution in [3.05, 3.63) is 12.7 Å². The maximum absolute atomic E-state index is 8.75. The van der Waals surface area contributed by atoms with Crippen LogP contribution in [0.2, 0.25) is 0 Å². The number of hydrazine groups is 1. The summed E-state index contributed by atoms with van der Waals surface area (Å²) in [5.74, 6) is 6.29. The van der Waals surface area contributed by atoms with E-state index in [2.05, 4.69) is 30.5 Å². The minimum Gasteiger partial charge on any atom is -0.396 e. The fourth-order valence-electron chi connectivity index (χ4n) is 1.03. The van der Waals surface area contributed by atoms with E-state index >= 15 is 0 Å². The zero-order chi connectivity index (χ0) is 12.1. The minimum absolute atomic E-state index is 0.0421. The number of nitrogen functional groups attached to an aromatic ring is 1. The summed E-state index contributed by atoms with van der Waals surface area (Å²) in [6, 6.07) is 0. The highest BCUT2D eigenvalue weighted by atomic mass is 32.2. The van der Waals surface area contributed by atoms with Gasteiger partial charge in [-0.15, -0.1) is 0 Å². The number of hydrogen-bond acceptors (Lipinski definition) is 9. The Morgan fingerprint density at radius 3 is 2.94 bits per heavy atom. The highest BCUT2D eigenvalue weighted by Crippen LogP contribution is 2.14. The second kappa shape index (κ2) is 5.52. The SMILES string of the molecule is NNc1nc(SCCO)nc(-n2cncn2)n1. The molecule has 0 unspecified atom stereocenters. The largest absolute Gasteiger partial charge is 0.396 e. The first-order valence-electron chi connectivity index (χ1n) is 4.65. The Balaban J connectivity index is 2.32. The normalized spacial score (nSPS) is 10.5. The number of aliphatic hydroxyl groups is 1. The number of nitrogens with one attached hydrogen (secondary N) is 1. The van der Waals surface area contributed by atoms with E-state index in [1.54, 1.807) is 0 Å². The minimum atomic E-state index is 0.0421. The lowest BCUT2D eigenvalue weighted by molar-refractivity contribution is 0.322. The second-order valence-corrected chi connectivity index (χ2v) is 3.86. The monoisotopic (exact) mass is 254 g/mol. The Kier molecular flexibility index (Phi) is 3.80. The average Bonchev–Trinajstić information content (AvgIpc) is 2.89. The van der Waals surface area contributed by atoms with Crippen molar-refractivity contribution in [1.82, 2.24) is 29.7 Å². The molecule has 2 aromatic heterocycles. The fraction of sp³-hybridized carbons (Fsp3) is 0.286. The van der Waals surface area contributed by atoms with E-state index in [9.17, 15) is 0 Å². The van der Waals surface area contributed by atoms with E-state index < -0.39 is 0 Å². The van der Waals surface area contributed by atoms with Crippen molar-refractivity contribution in [2.45, 2.75) is 5.16 Å². The molecule has 2 heterocycles. The van der Waals surface area contributed by atoms with Gasteiger partial charge in [0.15, 0.2) is 5.16 Å². The highest BCUT2D eigenvalue weighted by Gasteiger charge is 2.08. The van der Waals surface area contributed by atoms with Crippen molar-refractivity contribution in [1.29, 1.82) is 0 Å². The molecule has 0 aliphatic heterocycles. The van der Waals surface area contributed by atoms with E-state index in [0.29, 0.717) is 16.9 Å². The van der Waals surface area contributed by atoms with Crippen LogP contribution < -0.4 is 11.3 Å². The number of aromatic nitrogens is 6. The summed E-state index contributed by atoms with van der Waals surface area (Å²) in [5, 5.41) is 13.1. The lowest BCUT2D eigenvalue weighted by atomic mass is 10.8. The van der Waals surface area contributed by atoms with E-state index in [4.69, 9.17) is 10.9 Å². The van der Waals surface area contributed by atoms with Crippen molar-refractivity contribution < 1.29 is 5.11 Å². The first-order valence-corrected chi connectivity index (χ1v) is 5.63. The molecule has 0 amide bonds. The number of anilines is 1. The molecule has 0 spiro atoms. The Labute approximate surface area is 100 Å². The maximum Gasteiger partial charge on any atom is 0.257 e. The van der Waals surface area contributed by atoms with Crippen LogP contribution in [-0.4, -0.2) is 47.2 Å². The summed E-state index contributed by atoms with van der Waals surface area (Å²) in [4.78, 5) is 16.0. The van der Waals surface area contributed by atoms with Crippen LogP contribution in [0, 0.1) is 0 Å². The van der Waals surface area contributed by atoms with Crippen molar-refractivity contribution in [2.24, 2.45) is 5.84 Å². The molecule has 0 bridgehead atoms. The number of nitrogens with two attached hydrogens (primary N) is 1. The third-order valence-electron chi connectivity index (χ3n) is 1.68. The fourth-order valence-corrected chi connectivity index (χ4v) is 1.60. The van der Waals surface area contributed by atoms with Crippen molar-refractivity contribution in [2.75, 3.05) is 17.8 Å². The Bertz CT molecular complexity index is 475. The van der Waals surface area contributed by atoms with E-state index in [0.717, 1.165) is 0 Å². The van der Waals surface area contributed by atoms with Gasteiger partial charge in [0.2, 0.25) is 5.95 Å². The van der Waals surface area contributed by atoms with Crippen LogP contribution in [0.15, 0.2) is 17.8 Å². The van der Waals surface area contributed by atoms with Crippen LogP contribution in [0.3, 0.4) is 0 Å². The van der Waals surface area contributed by atoms with Gasteiger partial charge in [0, 0.05) is 5.75 Å². The zero-order valence-electron chi connectivity index (χ0n) is 8.69. The first-order chi connectivity index (χ1) is 8.33. The smallest absolute Gasteiger partial charge is 0.257 e. The molecule has 4 N–H and O–H groups in total. The third kappa shape index (κ3) is 2.87. The van der Waals surface area contributed by atoms with E-state index in [1.165, 1.54) is 29.1 Å². The molecule has 0 radical (unpaired) electrons. The topological polar surface area (TPSA) is 128 Å². The van der Waals surface area contributed by atoms with Crippen molar-refractivity contribution in [3.8, 4) is 5.95 Å². The van der Waals surface area contributed by atoms with Crippen LogP contribution >= 0.6 is 11.8 Å². The van der Waals surface area contributed by atoms with Crippen LogP contribution in [0.5, 0.6) is 0 Å². The van der Waals surface area contributed by atoms with Gasteiger partial charge in [-0.2, -0.15) is 24.7 Å². The van der Waals surface area contributed by atoms with Gasteiger partial charge in [0.05, 0.1) is 6.61 Å². The quantitative estimate of drug-likeness (QED) is 0.343. The molecule has 2 rings (SSSR count).